The molecule has 0 aliphatic carbocycles. The lowest BCUT2D eigenvalue weighted by atomic mass is 9.80. The maximum Gasteiger partial charge on any atom is 0.122 e. The highest BCUT2D eigenvalue weighted by atomic mass is 16.5. The standard InChI is InChI=1S/C25H27N3O/c1-17(2)29-23-10-9-22(14-18(23)3)25(12-11-24(26)28-25)21-8-4-6-19(15-21)20-7-5-13-27-16-20/h4-10,13-17H,11-12H2,1-3H3,(H2,26,28). The molecule has 2 aromatic carbocycles. The predicted octanol–water partition coefficient (Wildman–Crippen LogP) is 5.24. The number of aromatic nitrogens is 1. The summed E-state index contributed by atoms with van der Waals surface area (Å²) in [6.45, 7) is 6.17. The third-order valence-corrected chi connectivity index (χ3v) is 5.43. The van der Waals surface area contributed by atoms with Gasteiger partial charge in [-0.05, 0) is 79.3 Å². The van der Waals surface area contributed by atoms with E-state index in [1.165, 1.54) is 0 Å². The van der Waals surface area contributed by atoms with Crippen LogP contribution >= 0.6 is 0 Å². The first-order valence-corrected chi connectivity index (χ1v) is 10.1. The van der Waals surface area contributed by atoms with Gasteiger partial charge >= 0.3 is 0 Å². The SMILES string of the molecule is Cc1cc(C2(c3cccc(-c4cccnc4)c3)CCC(N)=N2)ccc1OC(C)C. The Balaban J connectivity index is 1.81. The Morgan fingerprint density at radius 2 is 1.79 bits per heavy atom. The summed E-state index contributed by atoms with van der Waals surface area (Å²) < 4.78 is 5.93. The molecule has 4 nitrogen and oxygen atoms in total. The quantitative estimate of drug-likeness (QED) is 0.653. The van der Waals surface area contributed by atoms with E-state index in [0.717, 1.165) is 46.4 Å². The minimum Gasteiger partial charge on any atom is -0.491 e. The summed E-state index contributed by atoms with van der Waals surface area (Å²) in [6.07, 6.45) is 5.48. The maximum absolute atomic E-state index is 6.18. The molecule has 0 saturated carbocycles. The van der Waals surface area contributed by atoms with Crippen LogP contribution in [0, 0.1) is 6.92 Å². The highest BCUT2D eigenvalue weighted by Gasteiger charge is 2.38. The van der Waals surface area contributed by atoms with Crippen molar-refractivity contribution < 1.29 is 4.74 Å². The molecule has 1 aliphatic rings. The minimum absolute atomic E-state index is 0.143. The number of rotatable bonds is 5. The Morgan fingerprint density at radius 3 is 2.45 bits per heavy atom. The third-order valence-electron chi connectivity index (χ3n) is 5.43. The van der Waals surface area contributed by atoms with Crippen molar-refractivity contribution in [2.24, 2.45) is 10.7 Å². The molecule has 4 rings (SSSR count). The van der Waals surface area contributed by atoms with Gasteiger partial charge in [-0.25, -0.2) is 0 Å². The molecule has 4 heteroatoms. The summed E-state index contributed by atoms with van der Waals surface area (Å²) in [5.41, 5.74) is 11.3. The minimum atomic E-state index is -0.469. The number of aryl methyl sites for hydroxylation is 1. The van der Waals surface area contributed by atoms with Gasteiger partial charge < -0.3 is 10.5 Å². The van der Waals surface area contributed by atoms with E-state index in [2.05, 4.69) is 60.4 Å². The van der Waals surface area contributed by atoms with Crippen LogP contribution in [0.2, 0.25) is 0 Å². The Labute approximate surface area is 172 Å². The molecule has 1 atom stereocenters. The Hall–Kier alpha value is -3.14. The molecule has 1 aliphatic heterocycles. The first-order chi connectivity index (χ1) is 14.0. The number of nitrogens with zero attached hydrogens (tertiary/aromatic N) is 2. The van der Waals surface area contributed by atoms with E-state index in [1.54, 1.807) is 6.20 Å². The van der Waals surface area contributed by atoms with E-state index in [-0.39, 0.29) is 6.10 Å². The van der Waals surface area contributed by atoms with Gasteiger partial charge in [0.1, 0.15) is 11.3 Å². The average Bonchev–Trinajstić information content (AvgIpc) is 3.13. The number of pyridine rings is 1. The fourth-order valence-corrected chi connectivity index (χ4v) is 4.03. The molecule has 0 saturated heterocycles. The first-order valence-electron chi connectivity index (χ1n) is 10.1. The van der Waals surface area contributed by atoms with Gasteiger partial charge in [-0.15, -0.1) is 0 Å². The van der Waals surface area contributed by atoms with Crippen molar-refractivity contribution in [1.82, 2.24) is 4.98 Å². The van der Waals surface area contributed by atoms with Gasteiger partial charge in [0.2, 0.25) is 0 Å². The van der Waals surface area contributed by atoms with Gasteiger partial charge in [-0.3, -0.25) is 9.98 Å². The van der Waals surface area contributed by atoms with Crippen LogP contribution in [0.1, 0.15) is 43.4 Å². The zero-order chi connectivity index (χ0) is 20.4. The van der Waals surface area contributed by atoms with Crippen LogP contribution in [0.3, 0.4) is 0 Å². The molecule has 0 radical (unpaired) electrons. The third kappa shape index (κ3) is 3.75. The number of hydrogen-bond donors (Lipinski definition) is 1. The number of benzene rings is 2. The van der Waals surface area contributed by atoms with Crippen molar-refractivity contribution in [2.45, 2.75) is 45.3 Å². The summed E-state index contributed by atoms with van der Waals surface area (Å²) in [5.74, 6) is 1.62. The molecular weight excluding hydrogens is 358 g/mol. The summed E-state index contributed by atoms with van der Waals surface area (Å²) in [6, 6.07) is 19.0. The van der Waals surface area contributed by atoms with Crippen LogP contribution in [-0.4, -0.2) is 16.9 Å². The van der Waals surface area contributed by atoms with E-state index in [9.17, 15) is 0 Å². The van der Waals surface area contributed by atoms with Crippen molar-refractivity contribution in [3.05, 3.63) is 83.7 Å². The van der Waals surface area contributed by atoms with Crippen LogP contribution < -0.4 is 10.5 Å². The van der Waals surface area contributed by atoms with Crippen LogP contribution in [0.4, 0.5) is 0 Å². The zero-order valence-corrected chi connectivity index (χ0v) is 17.2. The molecule has 0 spiro atoms. The molecule has 2 heterocycles. The number of aliphatic imine (C=N–C) groups is 1. The molecule has 0 fully saturated rings. The largest absolute Gasteiger partial charge is 0.491 e. The molecule has 1 unspecified atom stereocenters. The van der Waals surface area contributed by atoms with E-state index < -0.39 is 5.54 Å². The molecule has 148 valence electrons. The van der Waals surface area contributed by atoms with Crippen LogP contribution in [-0.2, 0) is 5.54 Å². The first kappa shape index (κ1) is 19.2. The van der Waals surface area contributed by atoms with E-state index in [0.29, 0.717) is 5.84 Å². The number of ether oxygens (including phenoxy) is 1. The van der Waals surface area contributed by atoms with Gasteiger partial charge in [0.15, 0.2) is 0 Å². The molecule has 29 heavy (non-hydrogen) atoms. The normalized spacial score (nSPS) is 18.7. The highest BCUT2D eigenvalue weighted by Crippen LogP contribution is 2.44. The zero-order valence-electron chi connectivity index (χ0n) is 17.2. The second kappa shape index (κ2) is 7.70. The Morgan fingerprint density at radius 1 is 1.00 bits per heavy atom. The summed E-state index contributed by atoms with van der Waals surface area (Å²) in [4.78, 5) is 9.22. The molecule has 0 amide bonds. The van der Waals surface area contributed by atoms with Gasteiger partial charge in [-0.2, -0.15) is 0 Å². The molecule has 0 bridgehead atoms. The number of nitrogens with two attached hydrogens (primary N) is 1. The van der Waals surface area contributed by atoms with Crippen molar-refractivity contribution in [2.75, 3.05) is 0 Å². The Kier molecular flexibility index (Phi) is 5.10. The van der Waals surface area contributed by atoms with Crippen LogP contribution in [0.25, 0.3) is 11.1 Å². The highest BCUT2D eigenvalue weighted by molar-refractivity contribution is 5.84. The van der Waals surface area contributed by atoms with Gasteiger partial charge in [0, 0.05) is 18.8 Å². The fourth-order valence-electron chi connectivity index (χ4n) is 4.03. The van der Waals surface area contributed by atoms with Crippen LogP contribution in [0.15, 0.2) is 72.0 Å². The topological polar surface area (TPSA) is 60.5 Å². The van der Waals surface area contributed by atoms with Gasteiger partial charge in [0.05, 0.1) is 11.9 Å². The monoisotopic (exact) mass is 385 g/mol. The summed E-state index contributed by atoms with van der Waals surface area (Å²) in [5, 5.41) is 0. The van der Waals surface area contributed by atoms with Gasteiger partial charge in [0.25, 0.3) is 0 Å². The van der Waals surface area contributed by atoms with Crippen molar-refractivity contribution in [3.63, 3.8) is 0 Å². The number of hydrogen-bond acceptors (Lipinski definition) is 4. The average molecular weight is 386 g/mol. The van der Waals surface area contributed by atoms with Gasteiger partial charge in [-0.1, -0.05) is 30.3 Å². The second-order valence-electron chi connectivity index (χ2n) is 7.93. The predicted molar refractivity (Wildman–Crippen MR) is 118 cm³/mol. The van der Waals surface area contributed by atoms with E-state index >= 15 is 0 Å². The maximum atomic E-state index is 6.18. The fraction of sp³-hybridized carbons (Fsp3) is 0.280. The van der Waals surface area contributed by atoms with E-state index in [1.807, 2.05) is 26.1 Å². The molecule has 2 N–H and O–H groups in total. The van der Waals surface area contributed by atoms with E-state index in [4.69, 9.17) is 15.5 Å². The van der Waals surface area contributed by atoms with Crippen molar-refractivity contribution in [1.29, 1.82) is 0 Å². The lowest BCUT2D eigenvalue weighted by Gasteiger charge is -2.29. The number of amidine groups is 1. The van der Waals surface area contributed by atoms with Crippen molar-refractivity contribution >= 4 is 5.84 Å². The summed E-state index contributed by atoms with van der Waals surface area (Å²) in [7, 11) is 0. The molecule has 3 aromatic rings. The Bertz CT molecular complexity index is 1040. The van der Waals surface area contributed by atoms with Crippen LogP contribution in [0.5, 0.6) is 5.75 Å². The summed E-state index contributed by atoms with van der Waals surface area (Å²) >= 11 is 0. The smallest absolute Gasteiger partial charge is 0.122 e. The lowest BCUT2D eigenvalue weighted by Crippen LogP contribution is -2.23. The molecular formula is C25H27N3O. The van der Waals surface area contributed by atoms with Crippen molar-refractivity contribution in [3.8, 4) is 16.9 Å². The lowest BCUT2D eigenvalue weighted by molar-refractivity contribution is 0.240. The molecule has 1 aromatic heterocycles. The second-order valence-corrected chi connectivity index (χ2v) is 7.93.